The van der Waals surface area contributed by atoms with Gasteiger partial charge in [-0.2, -0.15) is 0 Å². The molecule has 0 fully saturated rings. The van der Waals surface area contributed by atoms with Crippen molar-refractivity contribution >= 4 is 5.91 Å². The molecule has 0 bridgehead atoms. The van der Waals surface area contributed by atoms with Gasteiger partial charge in [0.1, 0.15) is 0 Å². The van der Waals surface area contributed by atoms with Gasteiger partial charge in [0.25, 0.3) is 5.91 Å². The van der Waals surface area contributed by atoms with Gasteiger partial charge in [-0.3, -0.25) is 4.79 Å². The fraction of sp³-hybridized carbons (Fsp3) is 0.154. The molecule has 0 aliphatic carbocycles. The Labute approximate surface area is 104 Å². The average Bonchev–Trinajstić information content (AvgIpc) is 2.39. The van der Waals surface area contributed by atoms with Crippen LogP contribution >= 0.6 is 0 Å². The summed E-state index contributed by atoms with van der Waals surface area (Å²) in [5.74, 6) is -0.0406. The van der Waals surface area contributed by atoms with Crippen molar-refractivity contribution in [2.45, 2.75) is 0 Å². The summed E-state index contributed by atoms with van der Waals surface area (Å²) in [5, 5.41) is 0. The van der Waals surface area contributed by atoms with Crippen molar-refractivity contribution in [3.8, 4) is 11.1 Å². The van der Waals surface area contributed by atoms with Crippen LogP contribution in [0.1, 0.15) is 10.4 Å². The molecule has 1 aromatic carbocycles. The third-order valence-corrected chi connectivity index (χ3v) is 2.54. The van der Waals surface area contributed by atoms with Gasteiger partial charge >= 0.3 is 5.69 Å². The molecule has 0 aliphatic heterocycles. The lowest BCUT2D eigenvalue weighted by Crippen LogP contribution is -2.21. The number of nitrogens with zero attached hydrogens (tertiary/aromatic N) is 2. The predicted octanol–water partition coefficient (Wildman–Crippen LogP) is 1.14. The van der Waals surface area contributed by atoms with Gasteiger partial charge < -0.3 is 9.88 Å². The first-order valence-electron chi connectivity index (χ1n) is 5.45. The molecule has 5 nitrogen and oxygen atoms in total. The van der Waals surface area contributed by atoms with Crippen molar-refractivity contribution in [2.24, 2.45) is 0 Å². The molecular formula is C13H13N3O2. The van der Waals surface area contributed by atoms with Gasteiger partial charge in [-0.15, -0.1) is 0 Å². The molecule has 0 unspecified atom stereocenters. The van der Waals surface area contributed by atoms with Crippen LogP contribution in [0.2, 0.25) is 0 Å². The average molecular weight is 243 g/mol. The Balaban J connectivity index is 2.30. The van der Waals surface area contributed by atoms with Crippen molar-refractivity contribution < 1.29 is 4.79 Å². The van der Waals surface area contributed by atoms with E-state index in [1.165, 1.54) is 11.1 Å². The quantitative estimate of drug-likeness (QED) is 0.860. The van der Waals surface area contributed by atoms with E-state index in [1.54, 1.807) is 32.4 Å². The molecule has 1 N–H and O–H groups in total. The minimum absolute atomic E-state index is 0.0406. The Kier molecular flexibility index (Phi) is 3.23. The standard InChI is InChI=1S/C13H13N3O2/c1-16(2)12(17)10-5-3-9(4-6-10)11-7-14-13(18)15-8-11/h3-8H,1-2H3,(H,14,15,18). The molecule has 1 heterocycles. The first-order valence-corrected chi connectivity index (χ1v) is 5.45. The fourth-order valence-corrected chi connectivity index (χ4v) is 1.56. The lowest BCUT2D eigenvalue weighted by Gasteiger charge is -2.10. The lowest BCUT2D eigenvalue weighted by atomic mass is 10.1. The molecular weight excluding hydrogens is 230 g/mol. The summed E-state index contributed by atoms with van der Waals surface area (Å²) in [4.78, 5) is 30.2. The van der Waals surface area contributed by atoms with Gasteiger partial charge in [-0.1, -0.05) is 12.1 Å². The number of hydrogen-bond donors (Lipinski definition) is 1. The molecule has 92 valence electrons. The smallest absolute Gasteiger partial charge is 0.344 e. The van der Waals surface area contributed by atoms with E-state index in [9.17, 15) is 9.59 Å². The first kappa shape index (κ1) is 12.0. The van der Waals surface area contributed by atoms with Crippen LogP contribution in [0.25, 0.3) is 11.1 Å². The van der Waals surface area contributed by atoms with E-state index in [0.29, 0.717) is 5.56 Å². The fourth-order valence-electron chi connectivity index (χ4n) is 1.56. The van der Waals surface area contributed by atoms with Crippen LogP contribution in [-0.4, -0.2) is 34.9 Å². The predicted molar refractivity (Wildman–Crippen MR) is 68.3 cm³/mol. The molecule has 18 heavy (non-hydrogen) atoms. The van der Waals surface area contributed by atoms with Crippen LogP contribution in [0, 0.1) is 0 Å². The summed E-state index contributed by atoms with van der Waals surface area (Å²) in [6.45, 7) is 0. The molecule has 0 atom stereocenters. The second-order valence-electron chi connectivity index (χ2n) is 4.08. The Bertz CT molecular complexity index is 594. The number of H-pyrrole nitrogens is 1. The van der Waals surface area contributed by atoms with Crippen LogP contribution < -0.4 is 5.69 Å². The summed E-state index contributed by atoms with van der Waals surface area (Å²) in [6.07, 6.45) is 3.10. The molecule has 0 saturated carbocycles. The third kappa shape index (κ3) is 2.45. The van der Waals surface area contributed by atoms with E-state index in [2.05, 4.69) is 9.97 Å². The maximum atomic E-state index is 11.7. The monoisotopic (exact) mass is 243 g/mol. The van der Waals surface area contributed by atoms with Gasteiger partial charge in [-0.25, -0.2) is 9.78 Å². The zero-order valence-electron chi connectivity index (χ0n) is 10.2. The highest BCUT2D eigenvalue weighted by atomic mass is 16.2. The van der Waals surface area contributed by atoms with E-state index < -0.39 is 0 Å². The van der Waals surface area contributed by atoms with Crippen LogP contribution in [0.4, 0.5) is 0 Å². The van der Waals surface area contributed by atoms with Crippen molar-refractivity contribution in [3.63, 3.8) is 0 Å². The maximum Gasteiger partial charge on any atom is 0.344 e. The number of amides is 1. The second-order valence-corrected chi connectivity index (χ2v) is 4.08. The SMILES string of the molecule is CN(C)C(=O)c1ccc(-c2cnc(=O)[nH]c2)cc1. The van der Waals surface area contributed by atoms with Crippen molar-refractivity contribution in [3.05, 3.63) is 52.7 Å². The van der Waals surface area contributed by atoms with Crippen LogP contribution in [-0.2, 0) is 0 Å². The molecule has 0 aliphatic rings. The number of aromatic nitrogens is 2. The molecule has 0 saturated heterocycles. The summed E-state index contributed by atoms with van der Waals surface area (Å²) in [5.41, 5.74) is 1.95. The lowest BCUT2D eigenvalue weighted by molar-refractivity contribution is 0.0827. The normalized spacial score (nSPS) is 10.1. The maximum absolute atomic E-state index is 11.7. The topological polar surface area (TPSA) is 66.1 Å². The number of benzene rings is 1. The number of hydrogen-bond acceptors (Lipinski definition) is 3. The molecule has 2 rings (SSSR count). The largest absolute Gasteiger partial charge is 0.345 e. The number of rotatable bonds is 2. The summed E-state index contributed by atoms with van der Waals surface area (Å²) in [6, 6.07) is 7.16. The molecule has 0 spiro atoms. The van der Waals surface area contributed by atoms with Gasteiger partial charge in [0.05, 0.1) is 0 Å². The first-order chi connectivity index (χ1) is 8.58. The van der Waals surface area contributed by atoms with Gasteiger partial charge in [-0.05, 0) is 17.7 Å². The molecule has 5 heteroatoms. The second kappa shape index (κ2) is 4.83. The molecule has 2 aromatic rings. The third-order valence-electron chi connectivity index (χ3n) is 2.54. The van der Waals surface area contributed by atoms with E-state index in [-0.39, 0.29) is 11.6 Å². The summed E-state index contributed by atoms with van der Waals surface area (Å²) < 4.78 is 0. The number of carbonyl (C=O) groups is 1. The highest BCUT2D eigenvalue weighted by Gasteiger charge is 2.07. The van der Waals surface area contributed by atoms with E-state index in [4.69, 9.17) is 0 Å². The minimum atomic E-state index is -0.377. The van der Waals surface area contributed by atoms with Gasteiger partial charge in [0.15, 0.2) is 0 Å². The van der Waals surface area contributed by atoms with Crippen molar-refractivity contribution in [2.75, 3.05) is 14.1 Å². The zero-order chi connectivity index (χ0) is 13.1. The number of aromatic amines is 1. The van der Waals surface area contributed by atoms with Crippen molar-refractivity contribution in [1.82, 2.24) is 14.9 Å². The highest BCUT2D eigenvalue weighted by Crippen LogP contribution is 2.17. The van der Waals surface area contributed by atoms with E-state index >= 15 is 0 Å². The van der Waals surface area contributed by atoms with E-state index in [1.807, 2.05) is 12.1 Å². The molecule has 1 aromatic heterocycles. The van der Waals surface area contributed by atoms with Crippen LogP contribution in [0.5, 0.6) is 0 Å². The van der Waals surface area contributed by atoms with Crippen LogP contribution in [0.15, 0.2) is 41.5 Å². The Morgan fingerprint density at radius 3 is 2.33 bits per heavy atom. The van der Waals surface area contributed by atoms with Crippen molar-refractivity contribution in [1.29, 1.82) is 0 Å². The molecule has 0 radical (unpaired) electrons. The molecule has 1 amide bonds. The minimum Gasteiger partial charge on any atom is -0.345 e. The Morgan fingerprint density at radius 2 is 1.83 bits per heavy atom. The summed E-state index contributed by atoms with van der Waals surface area (Å²) >= 11 is 0. The van der Waals surface area contributed by atoms with E-state index in [0.717, 1.165) is 11.1 Å². The zero-order valence-corrected chi connectivity index (χ0v) is 10.2. The Morgan fingerprint density at radius 1 is 1.17 bits per heavy atom. The number of carbonyl (C=O) groups excluding carboxylic acids is 1. The summed E-state index contributed by atoms with van der Waals surface area (Å²) in [7, 11) is 3.42. The van der Waals surface area contributed by atoms with Gasteiger partial charge in [0.2, 0.25) is 0 Å². The number of nitrogens with one attached hydrogen (secondary N) is 1. The highest BCUT2D eigenvalue weighted by molar-refractivity contribution is 5.94. The van der Waals surface area contributed by atoms with Crippen LogP contribution in [0.3, 0.4) is 0 Å². The Hall–Kier alpha value is -2.43. The van der Waals surface area contributed by atoms with Gasteiger partial charge in [0, 0.05) is 37.6 Å².